The predicted molar refractivity (Wildman–Crippen MR) is 92.1 cm³/mol. The topological polar surface area (TPSA) is 72.9 Å². The highest BCUT2D eigenvalue weighted by Gasteiger charge is 2.16. The van der Waals surface area contributed by atoms with E-state index in [1.54, 1.807) is 0 Å². The molecule has 1 aliphatic rings. The van der Waals surface area contributed by atoms with Crippen molar-refractivity contribution in [3.63, 3.8) is 0 Å². The zero-order chi connectivity index (χ0) is 16.2. The van der Waals surface area contributed by atoms with Crippen LogP contribution in [0.15, 0.2) is 30.5 Å². The summed E-state index contributed by atoms with van der Waals surface area (Å²) in [4.78, 5) is 16.5. The molecule has 0 saturated heterocycles. The first-order valence-corrected chi connectivity index (χ1v) is 8.40. The lowest BCUT2D eigenvalue weighted by atomic mass is 10.1. The van der Waals surface area contributed by atoms with E-state index in [4.69, 9.17) is 5.73 Å². The molecule has 0 spiro atoms. The standard InChI is InChI=1S/C18H24N4O/c1-2-5-16(19)18(23)21-14-9-7-13(8-10-14)17-20-12-15-6-3-4-11-22(15)17/h7-10,12,16H,2-6,11,19H2,1H3,(H,21,23). The Morgan fingerprint density at radius 3 is 2.87 bits per heavy atom. The zero-order valence-electron chi connectivity index (χ0n) is 13.6. The van der Waals surface area contributed by atoms with E-state index < -0.39 is 6.04 Å². The number of carbonyl (C=O) groups excluding carboxylic acids is 1. The first-order valence-electron chi connectivity index (χ1n) is 8.40. The summed E-state index contributed by atoms with van der Waals surface area (Å²) in [6, 6.07) is 7.39. The quantitative estimate of drug-likeness (QED) is 0.891. The maximum Gasteiger partial charge on any atom is 0.241 e. The van der Waals surface area contributed by atoms with Gasteiger partial charge in [0.1, 0.15) is 5.82 Å². The number of nitrogens with zero attached hydrogens (tertiary/aromatic N) is 2. The number of nitrogens with two attached hydrogens (primary N) is 1. The first-order chi connectivity index (χ1) is 11.2. The molecule has 5 heteroatoms. The summed E-state index contributed by atoms with van der Waals surface area (Å²) in [6.45, 7) is 3.06. The Kier molecular flexibility index (Phi) is 4.76. The second-order valence-electron chi connectivity index (χ2n) is 6.14. The van der Waals surface area contributed by atoms with Gasteiger partial charge in [-0.3, -0.25) is 4.79 Å². The number of benzene rings is 1. The average Bonchev–Trinajstić information content (AvgIpc) is 3.00. The van der Waals surface area contributed by atoms with E-state index in [-0.39, 0.29) is 5.91 Å². The highest BCUT2D eigenvalue weighted by molar-refractivity contribution is 5.94. The second kappa shape index (κ2) is 6.96. The summed E-state index contributed by atoms with van der Waals surface area (Å²) >= 11 is 0. The summed E-state index contributed by atoms with van der Waals surface area (Å²) in [5, 5.41) is 2.87. The third-order valence-electron chi connectivity index (χ3n) is 4.35. The highest BCUT2D eigenvalue weighted by atomic mass is 16.2. The number of imidazole rings is 1. The maximum atomic E-state index is 12.0. The largest absolute Gasteiger partial charge is 0.328 e. The molecule has 1 amide bonds. The van der Waals surface area contributed by atoms with E-state index in [2.05, 4.69) is 14.9 Å². The Balaban J connectivity index is 1.72. The minimum Gasteiger partial charge on any atom is -0.328 e. The van der Waals surface area contributed by atoms with Crippen LogP contribution in [0.1, 0.15) is 38.3 Å². The SMILES string of the molecule is CCCC(N)C(=O)Nc1ccc(-c2ncc3n2CCCC3)cc1. The summed E-state index contributed by atoms with van der Waals surface area (Å²) in [6.07, 6.45) is 7.14. The van der Waals surface area contributed by atoms with Crippen LogP contribution in [0.25, 0.3) is 11.4 Å². The third kappa shape index (κ3) is 3.45. The molecule has 0 aliphatic carbocycles. The van der Waals surface area contributed by atoms with Gasteiger partial charge in [0.05, 0.1) is 6.04 Å². The van der Waals surface area contributed by atoms with E-state index >= 15 is 0 Å². The Morgan fingerprint density at radius 1 is 1.35 bits per heavy atom. The molecule has 23 heavy (non-hydrogen) atoms. The van der Waals surface area contributed by atoms with E-state index in [1.807, 2.05) is 37.4 Å². The van der Waals surface area contributed by atoms with Gasteiger partial charge in [-0.2, -0.15) is 0 Å². The minimum atomic E-state index is -0.445. The summed E-state index contributed by atoms with van der Waals surface area (Å²) in [5.74, 6) is 0.887. The number of fused-ring (bicyclic) bond motifs is 1. The van der Waals surface area contributed by atoms with Crippen LogP contribution in [-0.4, -0.2) is 21.5 Å². The fourth-order valence-corrected chi connectivity index (χ4v) is 3.05. The van der Waals surface area contributed by atoms with Gasteiger partial charge < -0.3 is 15.6 Å². The molecule has 3 rings (SSSR count). The third-order valence-corrected chi connectivity index (χ3v) is 4.35. The van der Waals surface area contributed by atoms with Gasteiger partial charge in [0.2, 0.25) is 5.91 Å². The van der Waals surface area contributed by atoms with Crippen molar-refractivity contribution in [3.8, 4) is 11.4 Å². The van der Waals surface area contributed by atoms with Gasteiger partial charge in [-0.15, -0.1) is 0 Å². The Bertz CT molecular complexity index is 675. The molecular weight excluding hydrogens is 288 g/mol. The highest BCUT2D eigenvalue weighted by Crippen LogP contribution is 2.25. The molecule has 2 heterocycles. The van der Waals surface area contributed by atoms with Crippen LogP contribution >= 0.6 is 0 Å². The van der Waals surface area contributed by atoms with Crippen molar-refractivity contribution in [2.75, 3.05) is 5.32 Å². The molecule has 0 saturated carbocycles. The van der Waals surface area contributed by atoms with Crippen LogP contribution in [0.4, 0.5) is 5.69 Å². The van der Waals surface area contributed by atoms with Crippen LogP contribution in [0, 0.1) is 0 Å². The number of anilines is 1. The fourth-order valence-electron chi connectivity index (χ4n) is 3.05. The van der Waals surface area contributed by atoms with Gasteiger partial charge in [0.25, 0.3) is 0 Å². The molecule has 0 bridgehead atoms. The van der Waals surface area contributed by atoms with E-state index in [1.165, 1.54) is 18.5 Å². The van der Waals surface area contributed by atoms with Gasteiger partial charge in [0.15, 0.2) is 0 Å². The van der Waals surface area contributed by atoms with Crippen LogP contribution in [0.5, 0.6) is 0 Å². The van der Waals surface area contributed by atoms with E-state index in [0.717, 1.165) is 36.5 Å². The van der Waals surface area contributed by atoms with Crippen LogP contribution < -0.4 is 11.1 Å². The van der Waals surface area contributed by atoms with Crippen LogP contribution in [0.3, 0.4) is 0 Å². The van der Waals surface area contributed by atoms with Crippen molar-refractivity contribution in [3.05, 3.63) is 36.2 Å². The number of hydrogen-bond donors (Lipinski definition) is 2. The molecule has 2 aromatic rings. The molecule has 0 radical (unpaired) electrons. The lowest BCUT2D eigenvalue weighted by Crippen LogP contribution is -2.35. The van der Waals surface area contributed by atoms with E-state index in [0.29, 0.717) is 6.42 Å². The lowest BCUT2D eigenvalue weighted by molar-refractivity contribution is -0.117. The Labute approximate surface area is 136 Å². The number of hydrogen-bond acceptors (Lipinski definition) is 3. The summed E-state index contributed by atoms with van der Waals surface area (Å²) in [5.41, 5.74) is 9.00. The Hall–Kier alpha value is -2.14. The molecular formula is C18H24N4O. The smallest absolute Gasteiger partial charge is 0.241 e. The van der Waals surface area contributed by atoms with Crippen molar-refractivity contribution in [2.45, 2.75) is 51.6 Å². The molecule has 3 N–H and O–H groups in total. The Morgan fingerprint density at radius 2 is 2.13 bits per heavy atom. The van der Waals surface area contributed by atoms with Crippen molar-refractivity contribution < 1.29 is 4.79 Å². The number of rotatable bonds is 5. The van der Waals surface area contributed by atoms with Crippen molar-refractivity contribution >= 4 is 11.6 Å². The molecule has 1 unspecified atom stereocenters. The van der Waals surface area contributed by atoms with Gasteiger partial charge >= 0.3 is 0 Å². The number of amides is 1. The zero-order valence-corrected chi connectivity index (χ0v) is 13.6. The average molecular weight is 312 g/mol. The van der Waals surface area contributed by atoms with Gasteiger partial charge in [-0.05, 0) is 49.9 Å². The van der Waals surface area contributed by atoms with E-state index in [9.17, 15) is 4.79 Å². The lowest BCUT2D eigenvalue weighted by Gasteiger charge is -2.16. The summed E-state index contributed by atoms with van der Waals surface area (Å²) < 4.78 is 2.30. The van der Waals surface area contributed by atoms with Gasteiger partial charge in [-0.25, -0.2) is 4.98 Å². The predicted octanol–water partition coefficient (Wildman–Crippen LogP) is 2.95. The molecule has 1 aliphatic heterocycles. The second-order valence-corrected chi connectivity index (χ2v) is 6.14. The molecule has 1 atom stereocenters. The fraction of sp³-hybridized carbons (Fsp3) is 0.444. The van der Waals surface area contributed by atoms with Crippen molar-refractivity contribution in [1.82, 2.24) is 9.55 Å². The monoisotopic (exact) mass is 312 g/mol. The number of aryl methyl sites for hydroxylation is 1. The first kappa shape index (κ1) is 15.7. The van der Waals surface area contributed by atoms with Gasteiger partial charge in [-0.1, -0.05) is 13.3 Å². The number of aromatic nitrogens is 2. The molecule has 1 aromatic carbocycles. The van der Waals surface area contributed by atoms with Crippen molar-refractivity contribution in [1.29, 1.82) is 0 Å². The maximum absolute atomic E-state index is 12.0. The van der Waals surface area contributed by atoms with Crippen LogP contribution in [-0.2, 0) is 17.8 Å². The molecule has 5 nitrogen and oxygen atoms in total. The molecule has 1 aromatic heterocycles. The number of carbonyl (C=O) groups is 1. The molecule has 122 valence electrons. The van der Waals surface area contributed by atoms with Crippen LogP contribution in [0.2, 0.25) is 0 Å². The number of nitrogens with one attached hydrogen (secondary N) is 1. The normalized spacial score (nSPS) is 15.0. The van der Waals surface area contributed by atoms with Gasteiger partial charge in [0, 0.05) is 29.7 Å². The summed E-state index contributed by atoms with van der Waals surface area (Å²) in [7, 11) is 0. The van der Waals surface area contributed by atoms with Crippen molar-refractivity contribution in [2.24, 2.45) is 5.73 Å². The minimum absolute atomic E-state index is 0.127. The molecule has 0 fully saturated rings.